The Kier molecular flexibility index (Phi) is 10.2. The van der Waals surface area contributed by atoms with Gasteiger partial charge in [-0.15, -0.1) is 0 Å². The van der Waals surface area contributed by atoms with E-state index in [1.807, 2.05) is 0 Å². The van der Waals surface area contributed by atoms with Crippen LogP contribution in [-0.2, 0) is 0 Å². The average Bonchev–Trinajstić information content (AvgIpc) is 3.79. The van der Waals surface area contributed by atoms with Crippen LogP contribution in [0.3, 0.4) is 0 Å². The van der Waals surface area contributed by atoms with E-state index in [1.165, 1.54) is 71.2 Å². The molecule has 0 amide bonds. The fourth-order valence-corrected chi connectivity index (χ4v) is 10.9. The summed E-state index contributed by atoms with van der Waals surface area (Å²) in [5, 5.41) is 7.42. The number of hydrogen-bond donors (Lipinski definition) is 0. The molecular formula is C68H46N2. The summed E-state index contributed by atoms with van der Waals surface area (Å²) >= 11 is 0. The third-order valence-electron chi connectivity index (χ3n) is 14.0. The van der Waals surface area contributed by atoms with Crippen molar-refractivity contribution in [2.75, 3.05) is 4.90 Å². The van der Waals surface area contributed by atoms with Crippen molar-refractivity contribution < 1.29 is 0 Å². The molecule has 70 heavy (non-hydrogen) atoms. The first-order valence-corrected chi connectivity index (χ1v) is 24.1. The van der Waals surface area contributed by atoms with E-state index in [0.29, 0.717) is 0 Å². The van der Waals surface area contributed by atoms with Gasteiger partial charge in [0.15, 0.2) is 0 Å². The van der Waals surface area contributed by atoms with Crippen LogP contribution in [0.1, 0.15) is 0 Å². The van der Waals surface area contributed by atoms with E-state index >= 15 is 0 Å². The number of nitrogens with zero attached hydrogens (tertiary/aromatic N) is 2. The van der Waals surface area contributed by atoms with E-state index in [-0.39, 0.29) is 0 Å². The Hall–Kier alpha value is -9.24. The summed E-state index contributed by atoms with van der Waals surface area (Å²) in [6.45, 7) is 0. The first-order chi connectivity index (χ1) is 34.8. The lowest BCUT2D eigenvalue weighted by molar-refractivity contribution is 1.18. The van der Waals surface area contributed by atoms with E-state index in [1.54, 1.807) is 0 Å². The molecule has 0 bridgehead atoms. The van der Waals surface area contributed by atoms with Gasteiger partial charge in [0, 0.05) is 33.3 Å². The number of rotatable bonds is 9. The molecule has 12 aromatic carbocycles. The second-order valence-electron chi connectivity index (χ2n) is 18.0. The van der Waals surface area contributed by atoms with E-state index in [9.17, 15) is 0 Å². The third kappa shape index (κ3) is 6.97. The summed E-state index contributed by atoms with van der Waals surface area (Å²) in [5.74, 6) is 0. The molecule has 13 rings (SSSR count). The number of hydrogen-bond acceptors (Lipinski definition) is 1. The molecule has 1 aromatic heterocycles. The van der Waals surface area contributed by atoms with Gasteiger partial charge >= 0.3 is 0 Å². The summed E-state index contributed by atoms with van der Waals surface area (Å²) in [6, 6.07) is 102. The SMILES string of the molecule is c1ccc(-c2ccccc2N(c2cccc(-c3ccc4c(c3)c(-c3ccccc3)c(-c3ccccc3)c3ccccc34)c2)c2ccccc2-c2cccc3c2c2ccccc2n3-c2ccccc2)cc1. The van der Waals surface area contributed by atoms with Gasteiger partial charge in [-0.1, -0.05) is 224 Å². The highest BCUT2D eigenvalue weighted by Crippen LogP contribution is 2.49. The largest absolute Gasteiger partial charge is 0.309 e. The van der Waals surface area contributed by atoms with Crippen LogP contribution in [-0.4, -0.2) is 4.57 Å². The van der Waals surface area contributed by atoms with Crippen LogP contribution in [0.4, 0.5) is 17.1 Å². The van der Waals surface area contributed by atoms with Crippen molar-refractivity contribution in [1.82, 2.24) is 4.57 Å². The maximum absolute atomic E-state index is 2.48. The van der Waals surface area contributed by atoms with E-state index in [4.69, 9.17) is 0 Å². The summed E-state index contributed by atoms with van der Waals surface area (Å²) in [4.78, 5) is 2.48. The van der Waals surface area contributed by atoms with Gasteiger partial charge in [0.25, 0.3) is 0 Å². The summed E-state index contributed by atoms with van der Waals surface area (Å²) in [5.41, 5.74) is 18.6. The molecule has 0 atom stereocenters. The zero-order valence-corrected chi connectivity index (χ0v) is 38.5. The molecule has 0 unspecified atom stereocenters. The van der Waals surface area contributed by atoms with Gasteiger partial charge in [0.2, 0.25) is 0 Å². The Labute approximate surface area is 408 Å². The van der Waals surface area contributed by atoms with Crippen molar-refractivity contribution in [1.29, 1.82) is 0 Å². The average molecular weight is 891 g/mol. The van der Waals surface area contributed by atoms with Crippen molar-refractivity contribution in [2.24, 2.45) is 0 Å². The molecule has 0 spiro atoms. The zero-order valence-electron chi connectivity index (χ0n) is 38.5. The molecule has 0 N–H and O–H groups in total. The van der Waals surface area contributed by atoms with Crippen molar-refractivity contribution in [2.45, 2.75) is 0 Å². The first-order valence-electron chi connectivity index (χ1n) is 24.1. The highest BCUT2D eigenvalue weighted by Gasteiger charge is 2.24. The molecule has 0 fully saturated rings. The normalized spacial score (nSPS) is 11.4. The van der Waals surface area contributed by atoms with Crippen LogP contribution < -0.4 is 4.90 Å². The first kappa shape index (κ1) is 41.0. The summed E-state index contributed by atoms with van der Waals surface area (Å²) in [6.07, 6.45) is 0. The molecule has 0 radical (unpaired) electrons. The molecule has 0 saturated heterocycles. The van der Waals surface area contributed by atoms with E-state index in [0.717, 1.165) is 50.6 Å². The Bertz CT molecular complexity index is 4040. The second-order valence-corrected chi connectivity index (χ2v) is 18.0. The van der Waals surface area contributed by atoms with Crippen LogP contribution in [0.15, 0.2) is 279 Å². The minimum Gasteiger partial charge on any atom is -0.309 e. The minimum absolute atomic E-state index is 1.07. The Balaban J connectivity index is 1.05. The fourth-order valence-electron chi connectivity index (χ4n) is 10.9. The van der Waals surface area contributed by atoms with Crippen molar-refractivity contribution in [3.63, 3.8) is 0 Å². The Morgan fingerprint density at radius 1 is 0.257 bits per heavy atom. The topological polar surface area (TPSA) is 8.17 Å². The number of anilines is 3. The van der Waals surface area contributed by atoms with E-state index in [2.05, 4.69) is 289 Å². The fraction of sp³-hybridized carbons (Fsp3) is 0. The molecule has 0 aliphatic rings. The van der Waals surface area contributed by atoms with Crippen LogP contribution in [0.25, 0.3) is 105 Å². The van der Waals surface area contributed by atoms with Crippen LogP contribution in [0.2, 0.25) is 0 Å². The predicted octanol–water partition coefficient (Wildman–Crippen LogP) is 18.9. The molecule has 328 valence electrons. The van der Waals surface area contributed by atoms with Crippen LogP contribution in [0, 0.1) is 0 Å². The van der Waals surface area contributed by atoms with Crippen LogP contribution >= 0.6 is 0 Å². The van der Waals surface area contributed by atoms with Crippen molar-refractivity contribution in [3.05, 3.63) is 279 Å². The molecular weight excluding hydrogens is 845 g/mol. The Morgan fingerprint density at radius 2 is 0.729 bits per heavy atom. The molecule has 0 saturated carbocycles. The number of benzene rings is 12. The van der Waals surface area contributed by atoms with Crippen molar-refractivity contribution in [3.8, 4) is 61.3 Å². The Morgan fingerprint density at radius 3 is 1.44 bits per heavy atom. The van der Waals surface area contributed by atoms with Gasteiger partial charge in [-0.2, -0.15) is 0 Å². The van der Waals surface area contributed by atoms with Crippen molar-refractivity contribution >= 4 is 60.4 Å². The molecule has 1 heterocycles. The number of fused-ring (bicyclic) bond motifs is 6. The monoisotopic (exact) mass is 890 g/mol. The maximum atomic E-state index is 2.48. The van der Waals surface area contributed by atoms with Gasteiger partial charge in [-0.3, -0.25) is 0 Å². The lowest BCUT2D eigenvalue weighted by Gasteiger charge is -2.30. The molecule has 0 aliphatic carbocycles. The number of para-hydroxylation sites is 4. The second kappa shape index (κ2) is 17.4. The van der Waals surface area contributed by atoms with Crippen LogP contribution in [0.5, 0.6) is 0 Å². The maximum Gasteiger partial charge on any atom is 0.0547 e. The van der Waals surface area contributed by atoms with E-state index < -0.39 is 0 Å². The standard InChI is InChI=1S/C68H46N2/c1-5-23-47(24-6-1)54-33-15-18-39-62(54)70(63-40-19-16-35-57(63)59-38-22-42-65-68(59)60-37-17-20-41-64(60)69(65)52-30-11-4-12-31-52)53-32-21-29-50(45-53)51-43-44-56-55-34-13-14-36-58(55)66(48-25-7-2-8-26-48)67(61(56)46-51)49-27-9-3-10-28-49/h1-46H. The molecule has 2 heteroatoms. The van der Waals surface area contributed by atoms with Gasteiger partial charge < -0.3 is 9.47 Å². The summed E-state index contributed by atoms with van der Waals surface area (Å²) < 4.78 is 2.40. The minimum atomic E-state index is 1.07. The predicted molar refractivity (Wildman–Crippen MR) is 298 cm³/mol. The molecule has 0 aliphatic heterocycles. The van der Waals surface area contributed by atoms with Gasteiger partial charge in [0.05, 0.1) is 22.4 Å². The highest BCUT2D eigenvalue weighted by atomic mass is 15.1. The lowest BCUT2D eigenvalue weighted by atomic mass is 9.84. The quantitative estimate of drug-likeness (QED) is 0.131. The number of aromatic nitrogens is 1. The van der Waals surface area contributed by atoms with Gasteiger partial charge in [-0.25, -0.2) is 0 Å². The lowest BCUT2D eigenvalue weighted by Crippen LogP contribution is -2.12. The molecule has 13 aromatic rings. The van der Waals surface area contributed by atoms with Gasteiger partial charge in [-0.05, 0) is 121 Å². The van der Waals surface area contributed by atoms with Gasteiger partial charge in [0.1, 0.15) is 0 Å². The smallest absolute Gasteiger partial charge is 0.0547 e. The molecule has 2 nitrogen and oxygen atoms in total. The zero-order chi connectivity index (χ0) is 46.4. The third-order valence-corrected chi connectivity index (χ3v) is 14.0. The highest BCUT2D eigenvalue weighted by molar-refractivity contribution is 6.22. The summed E-state index contributed by atoms with van der Waals surface area (Å²) in [7, 11) is 0.